The molecule has 1 saturated carbocycles. The summed E-state index contributed by atoms with van der Waals surface area (Å²) in [5, 5.41) is 10.2. The highest BCUT2D eigenvalue weighted by Crippen LogP contribution is 2.31. The van der Waals surface area contributed by atoms with E-state index in [0.717, 1.165) is 19.5 Å². The summed E-state index contributed by atoms with van der Waals surface area (Å²) in [6.07, 6.45) is 8.80. The van der Waals surface area contributed by atoms with Crippen LogP contribution in [0.1, 0.15) is 50.1 Å². The summed E-state index contributed by atoms with van der Waals surface area (Å²) in [4.78, 5) is 7.00. The Hall–Kier alpha value is -0.930. The molecule has 0 bridgehead atoms. The first kappa shape index (κ1) is 13.1. The fourth-order valence-corrected chi connectivity index (χ4v) is 3.66. The summed E-state index contributed by atoms with van der Waals surface area (Å²) in [6.45, 7) is 2.23. The second kappa shape index (κ2) is 6.02. The van der Waals surface area contributed by atoms with Crippen molar-refractivity contribution in [3.8, 4) is 0 Å². The average Bonchev–Trinajstić information content (AvgIpc) is 2.49. The summed E-state index contributed by atoms with van der Waals surface area (Å²) in [5.41, 5.74) is 1.24. The molecule has 3 nitrogen and oxygen atoms in total. The van der Waals surface area contributed by atoms with Crippen LogP contribution in [0.15, 0.2) is 24.4 Å². The van der Waals surface area contributed by atoms with Gasteiger partial charge in [-0.25, -0.2) is 0 Å². The van der Waals surface area contributed by atoms with Crippen molar-refractivity contribution in [2.45, 2.75) is 56.6 Å². The zero-order valence-corrected chi connectivity index (χ0v) is 11.5. The van der Waals surface area contributed by atoms with Crippen LogP contribution in [0, 0.1) is 0 Å². The molecular weight excluding hydrogens is 236 g/mol. The Morgan fingerprint density at radius 2 is 1.84 bits per heavy atom. The number of hydrogen-bond acceptors (Lipinski definition) is 3. The lowest BCUT2D eigenvalue weighted by atomic mass is 9.87. The van der Waals surface area contributed by atoms with E-state index in [1.807, 2.05) is 12.3 Å². The van der Waals surface area contributed by atoms with Gasteiger partial charge in [-0.2, -0.15) is 0 Å². The van der Waals surface area contributed by atoms with Crippen LogP contribution >= 0.6 is 0 Å². The van der Waals surface area contributed by atoms with Crippen molar-refractivity contribution < 1.29 is 5.11 Å². The van der Waals surface area contributed by atoms with Crippen molar-refractivity contribution in [2.75, 3.05) is 13.1 Å². The number of aliphatic hydroxyl groups is 1. The molecule has 1 aromatic rings. The van der Waals surface area contributed by atoms with Crippen LogP contribution in [0.3, 0.4) is 0 Å². The summed E-state index contributed by atoms with van der Waals surface area (Å²) in [5.74, 6) is 0.609. The Morgan fingerprint density at radius 1 is 1.05 bits per heavy atom. The van der Waals surface area contributed by atoms with Gasteiger partial charge in [0.25, 0.3) is 0 Å². The molecule has 0 aromatic carbocycles. The minimum absolute atomic E-state index is 0.0971. The minimum Gasteiger partial charge on any atom is -0.391 e. The van der Waals surface area contributed by atoms with Crippen molar-refractivity contribution in [3.63, 3.8) is 0 Å². The Morgan fingerprint density at radius 3 is 2.53 bits per heavy atom. The van der Waals surface area contributed by atoms with E-state index in [1.54, 1.807) is 0 Å². The zero-order valence-electron chi connectivity index (χ0n) is 11.5. The number of nitrogens with zero attached hydrogens (tertiary/aromatic N) is 2. The van der Waals surface area contributed by atoms with Crippen LogP contribution < -0.4 is 0 Å². The van der Waals surface area contributed by atoms with Crippen LogP contribution in [-0.4, -0.2) is 40.2 Å². The van der Waals surface area contributed by atoms with Crippen LogP contribution in [0.25, 0.3) is 0 Å². The molecule has 1 aliphatic carbocycles. The number of pyridine rings is 1. The number of piperidine rings is 1. The van der Waals surface area contributed by atoms with Crippen LogP contribution in [0.2, 0.25) is 0 Å². The molecule has 1 N–H and O–H groups in total. The van der Waals surface area contributed by atoms with Crippen molar-refractivity contribution in [1.82, 2.24) is 9.88 Å². The van der Waals surface area contributed by atoms with Crippen molar-refractivity contribution in [1.29, 1.82) is 0 Å². The topological polar surface area (TPSA) is 36.4 Å². The molecule has 1 saturated heterocycles. The van der Waals surface area contributed by atoms with Crippen LogP contribution in [-0.2, 0) is 0 Å². The predicted octanol–water partition coefficient (Wildman–Crippen LogP) is 2.56. The molecule has 2 atom stereocenters. The van der Waals surface area contributed by atoms with Gasteiger partial charge in [0.2, 0.25) is 0 Å². The van der Waals surface area contributed by atoms with E-state index in [4.69, 9.17) is 0 Å². The van der Waals surface area contributed by atoms with Gasteiger partial charge in [-0.15, -0.1) is 0 Å². The monoisotopic (exact) mass is 260 g/mol. The van der Waals surface area contributed by atoms with Crippen molar-refractivity contribution in [3.05, 3.63) is 30.1 Å². The molecule has 3 rings (SSSR count). The number of aliphatic hydroxyl groups excluding tert-OH is 1. The SMILES string of the molecule is O[C@@H]1CCCC[C@H]1N1CCC(c2ccccn2)CC1. The largest absolute Gasteiger partial charge is 0.391 e. The van der Waals surface area contributed by atoms with Gasteiger partial charge in [0.15, 0.2) is 0 Å². The minimum atomic E-state index is -0.0971. The molecule has 0 spiro atoms. The fourth-order valence-electron chi connectivity index (χ4n) is 3.66. The van der Waals surface area contributed by atoms with E-state index < -0.39 is 0 Å². The van der Waals surface area contributed by atoms with E-state index in [0.29, 0.717) is 12.0 Å². The molecule has 2 aliphatic rings. The normalized spacial score (nSPS) is 30.4. The molecule has 0 radical (unpaired) electrons. The lowest BCUT2D eigenvalue weighted by Crippen LogP contribution is -2.48. The smallest absolute Gasteiger partial charge is 0.0695 e. The van der Waals surface area contributed by atoms with Crippen LogP contribution in [0.5, 0.6) is 0 Å². The van der Waals surface area contributed by atoms with Gasteiger partial charge in [0.1, 0.15) is 0 Å². The zero-order chi connectivity index (χ0) is 13.1. The number of aromatic nitrogens is 1. The Balaban J connectivity index is 1.57. The highest BCUT2D eigenvalue weighted by Gasteiger charge is 2.31. The maximum Gasteiger partial charge on any atom is 0.0695 e. The average molecular weight is 260 g/mol. The third-order valence-electron chi connectivity index (χ3n) is 4.80. The van der Waals surface area contributed by atoms with Gasteiger partial charge in [0, 0.05) is 23.9 Å². The molecule has 2 heterocycles. The first-order valence-electron chi connectivity index (χ1n) is 7.67. The molecule has 2 fully saturated rings. The first-order valence-corrected chi connectivity index (χ1v) is 7.67. The Kier molecular flexibility index (Phi) is 4.14. The third kappa shape index (κ3) is 2.98. The summed E-state index contributed by atoms with van der Waals surface area (Å²) >= 11 is 0. The van der Waals surface area contributed by atoms with Crippen molar-refractivity contribution >= 4 is 0 Å². The molecule has 1 aromatic heterocycles. The van der Waals surface area contributed by atoms with E-state index in [1.165, 1.54) is 37.8 Å². The maximum atomic E-state index is 10.2. The molecule has 1 aliphatic heterocycles. The number of hydrogen-bond donors (Lipinski definition) is 1. The molecule has 104 valence electrons. The van der Waals surface area contributed by atoms with E-state index in [9.17, 15) is 5.11 Å². The number of rotatable bonds is 2. The molecule has 0 amide bonds. The van der Waals surface area contributed by atoms with Gasteiger partial charge in [-0.05, 0) is 50.9 Å². The van der Waals surface area contributed by atoms with E-state index in [-0.39, 0.29) is 6.10 Å². The van der Waals surface area contributed by atoms with Gasteiger partial charge in [-0.3, -0.25) is 9.88 Å². The molecule has 0 unspecified atom stereocenters. The van der Waals surface area contributed by atoms with Gasteiger partial charge in [0.05, 0.1) is 6.10 Å². The molecular formula is C16H24N2O. The van der Waals surface area contributed by atoms with Gasteiger partial charge < -0.3 is 5.11 Å². The fraction of sp³-hybridized carbons (Fsp3) is 0.688. The lowest BCUT2D eigenvalue weighted by molar-refractivity contribution is 0.00853. The Bertz CT molecular complexity index is 387. The summed E-state index contributed by atoms with van der Waals surface area (Å²) in [6, 6.07) is 6.63. The summed E-state index contributed by atoms with van der Waals surface area (Å²) in [7, 11) is 0. The standard InChI is InChI=1S/C16H24N2O/c19-16-7-2-1-6-15(16)18-11-8-13(9-12-18)14-5-3-4-10-17-14/h3-5,10,13,15-16,19H,1-2,6-9,11-12H2/t15-,16-/m1/s1. The highest BCUT2D eigenvalue weighted by atomic mass is 16.3. The second-order valence-corrected chi connectivity index (χ2v) is 5.98. The Labute approximate surface area is 115 Å². The van der Waals surface area contributed by atoms with Gasteiger partial charge in [-0.1, -0.05) is 18.9 Å². The molecule has 3 heteroatoms. The lowest BCUT2D eigenvalue weighted by Gasteiger charge is -2.41. The highest BCUT2D eigenvalue weighted by molar-refractivity contribution is 5.10. The predicted molar refractivity (Wildman–Crippen MR) is 76.0 cm³/mol. The molecule has 19 heavy (non-hydrogen) atoms. The third-order valence-corrected chi connectivity index (χ3v) is 4.80. The summed E-state index contributed by atoms with van der Waals surface area (Å²) < 4.78 is 0. The van der Waals surface area contributed by atoms with Crippen molar-refractivity contribution in [2.24, 2.45) is 0 Å². The maximum absolute atomic E-state index is 10.2. The van der Waals surface area contributed by atoms with Gasteiger partial charge >= 0.3 is 0 Å². The van der Waals surface area contributed by atoms with E-state index in [2.05, 4.69) is 22.0 Å². The number of likely N-dealkylation sites (tertiary alicyclic amines) is 1. The first-order chi connectivity index (χ1) is 9.34. The van der Waals surface area contributed by atoms with E-state index >= 15 is 0 Å². The van der Waals surface area contributed by atoms with Crippen LogP contribution in [0.4, 0.5) is 0 Å². The quantitative estimate of drug-likeness (QED) is 0.888. The second-order valence-electron chi connectivity index (χ2n) is 5.98.